The number of nitrogens with one attached hydrogen (secondary N) is 2. The van der Waals surface area contributed by atoms with E-state index in [1.165, 1.54) is 30.7 Å². The molecule has 1 aromatic carbocycles. The van der Waals surface area contributed by atoms with Gasteiger partial charge in [0.1, 0.15) is 6.04 Å². The maximum Gasteiger partial charge on any atom is 0.323 e. The van der Waals surface area contributed by atoms with Crippen molar-refractivity contribution in [3.63, 3.8) is 0 Å². The predicted molar refractivity (Wildman–Crippen MR) is 113 cm³/mol. The van der Waals surface area contributed by atoms with Crippen molar-refractivity contribution in [2.45, 2.75) is 38.8 Å². The van der Waals surface area contributed by atoms with Crippen LogP contribution in [0.5, 0.6) is 11.5 Å². The number of phenolic OH excluding ortho intramolecular Hbond substituents is 1. The molecular weight excluding hydrogens is 368 g/mol. The number of aryl methyl sites for hydroxylation is 1. The van der Waals surface area contributed by atoms with E-state index in [2.05, 4.69) is 41.5 Å². The number of hydrogen-bond donors (Lipinski definition) is 3. The third kappa shape index (κ3) is 4.54. The summed E-state index contributed by atoms with van der Waals surface area (Å²) in [6.45, 7) is 3.98. The molecule has 4 rings (SSSR count). The first-order valence-electron chi connectivity index (χ1n) is 9.69. The molecule has 2 unspecified atom stereocenters. The van der Waals surface area contributed by atoms with Gasteiger partial charge in [-0.05, 0) is 54.8 Å². The monoisotopic (exact) mass is 396 g/mol. The van der Waals surface area contributed by atoms with Crippen molar-refractivity contribution in [3.8, 4) is 11.5 Å². The molecule has 29 heavy (non-hydrogen) atoms. The lowest BCUT2D eigenvalue weighted by atomic mass is 9.95. The highest BCUT2D eigenvalue weighted by Gasteiger charge is 2.30. The van der Waals surface area contributed by atoms with E-state index in [1.807, 2.05) is 13.0 Å². The predicted octanol–water partition coefficient (Wildman–Crippen LogP) is 1.99. The summed E-state index contributed by atoms with van der Waals surface area (Å²) in [6.07, 6.45) is 10.1. The second-order valence-electron chi connectivity index (χ2n) is 7.22. The summed E-state index contributed by atoms with van der Waals surface area (Å²) < 4.78 is 9.71. The second-order valence-corrected chi connectivity index (χ2v) is 7.22. The lowest BCUT2D eigenvalue weighted by Gasteiger charge is -2.27. The van der Waals surface area contributed by atoms with Gasteiger partial charge >= 0.3 is 5.97 Å². The molecule has 0 amide bonds. The molecule has 0 bridgehead atoms. The number of methoxy groups -OCH3 is 2. The van der Waals surface area contributed by atoms with Gasteiger partial charge in [-0.2, -0.15) is 0 Å². The molecule has 3 N–H and O–H groups in total. The Kier molecular flexibility index (Phi) is 6.44. The van der Waals surface area contributed by atoms with Crippen LogP contribution < -0.4 is 20.6 Å². The molecule has 0 spiro atoms. The van der Waals surface area contributed by atoms with Gasteiger partial charge in [-0.15, -0.1) is 0 Å². The number of aromatic amines is 1. The SMILES string of the molecule is COC(=O)C1Cc2c([nH]c3c2=CCC=CC=3)C(C)N1.COc1ccc(C)cc1O. The molecule has 0 radical (unpaired) electrons. The minimum absolute atomic E-state index is 0.130. The van der Waals surface area contributed by atoms with E-state index >= 15 is 0 Å². The Morgan fingerprint density at radius 1 is 1.28 bits per heavy atom. The number of carbonyl (C=O) groups is 1. The summed E-state index contributed by atoms with van der Waals surface area (Å²) in [5.74, 6) is 0.524. The normalized spacial score (nSPS) is 19.3. The Morgan fingerprint density at radius 3 is 2.76 bits per heavy atom. The molecule has 0 saturated heterocycles. The number of ether oxygens (including phenoxy) is 2. The highest BCUT2D eigenvalue weighted by atomic mass is 16.5. The van der Waals surface area contributed by atoms with Crippen LogP contribution in [0.1, 0.15) is 36.2 Å². The summed E-state index contributed by atoms with van der Waals surface area (Å²) in [6, 6.07) is 5.17. The topological polar surface area (TPSA) is 83.6 Å². The number of benzene rings is 1. The van der Waals surface area contributed by atoms with E-state index in [9.17, 15) is 4.79 Å². The van der Waals surface area contributed by atoms with Crippen molar-refractivity contribution in [1.29, 1.82) is 0 Å². The lowest BCUT2D eigenvalue weighted by molar-refractivity contribution is -0.143. The van der Waals surface area contributed by atoms with Crippen LogP contribution in [0.15, 0.2) is 30.4 Å². The number of rotatable bonds is 2. The van der Waals surface area contributed by atoms with Gasteiger partial charge in [0.25, 0.3) is 0 Å². The fraction of sp³-hybridized carbons (Fsp3) is 0.348. The van der Waals surface area contributed by atoms with E-state index in [0.717, 1.165) is 17.3 Å². The molecule has 1 aliphatic carbocycles. The summed E-state index contributed by atoms with van der Waals surface area (Å²) >= 11 is 0. The smallest absolute Gasteiger partial charge is 0.323 e. The van der Waals surface area contributed by atoms with E-state index in [0.29, 0.717) is 12.2 Å². The van der Waals surface area contributed by atoms with Gasteiger partial charge in [0.15, 0.2) is 11.5 Å². The van der Waals surface area contributed by atoms with Gasteiger partial charge in [0, 0.05) is 23.5 Å². The first kappa shape index (κ1) is 20.7. The first-order valence-corrected chi connectivity index (χ1v) is 9.69. The number of H-pyrrole nitrogens is 1. The van der Waals surface area contributed by atoms with Crippen LogP contribution in [-0.4, -0.2) is 36.3 Å². The number of carbonyl (C=O) groups excluding carboxylic acids is 1. The number of aromatic hydroxyl groups is 1. The number of fused-ring (bicyclic) bond motifs is 3. The van der Waals surface area contributed by atoms with E-state index in [4.69, 9.17) is 14.6 Å². The minimum Gasteiger partial charge on any atom is -0.504 e. The fourth-order valence-electron chi connectivity index (χ4n) is 3.72. The van der Waals surface area contributed by atoms with Gasteiger partial charge in [-0.3, -0.25) is 10.1 Å². The molecule has 2 aromatic rings. The van der Waals surface area contributed by atoms with Gasteiger partial charge in [0.2, 0.25) is 0 Å². The Labute approximate surface area is 170 Å². The molecule has 0 fully saturated rings. The number of hydrogen-bond acceptors (Lipinski definition) is 5. The Balaban J connectivity index is 0.000000204. The fourth-order valence-corrected chi connectivity index (χ4v) is 3.72. The lowest BCUT2D eigenvalue weighted by Crippen LogP contribution is -2.45. The van der Waals surface area contributed by atoms with Crippen LogP contribution in [0.25, 0.3) is 12.2 Å². The third-order valence-electron chi connectivity index (χ3n) is 5.18. The molecule has 6 heteroatoms. The van der Waals surface area contributed by atoms with Crippen LogP contribution in [-0.2, 0) is 16.0 Å². The van der Waals surface area contributed by atoms with Crippen LogP contribution in [0.2, 0.25) is 0 Å². The average molecular weight is 396 g/mol. The van der Waals surface area contributed by atoms with Crippen LogP contribution >= 0.6 is 0 Å². The summed E-state index contributed by atoms with van der Waals surface area (Å²) in [5, 5.41) is 14.8. The molecule has 154 valence electrons. The average Bonchev–Trinajstić information content (AvgIpc) is 2.90. The maximum atomic E-state index is 11.8. The molecular formula is C23H28N2O4. The molecule has 0 saturated carbocycles. The van der Waals surface area contributed by atoms with Crippen molar-refractivity contribution in [3.05, 3.63) is 57.7 Å². The zero-order chi connectivity index (χ0) is 21.0. The zero-order valence-corrected chi connectivity index (χ0v) is 17.3. The largest absolute Gasteiger partial charge is 0.504 e. The second kappa shape index (κ2) is 9.01. The van der Waals surface area contributed by atoms with E-state index in [-0.39, 0.29) is 23.8 Å². The molecule has 2 atom stereocenters. The maximum absolute atomic E-state index is 11.8. The van der Waals surface area contributed by atoms with Gasteiger partial charge in [-0.25, -0.2) is 0 Å². The van der Waals surface area contributed by atoms with Crippen molar-refractivity contribution in [2.75, 3.05) is 14.2 Å². The minimum atomic E-state index is -0.253. The number of allylic oxidation sites excluding steroid dienone is 2. The first-order chi connectivity index (χ1) is 13.9. The Bertz CT molecular complexity index is 1040. The van der Waals surface area contributed by atoms with Crippen molar-refractivity contribution < 1.29 is 19.4 Å². The molecule has 1 aliphatic heterocycles. The summed E-state index contributed by atoms with van der Waals surface area (Å²) in [5.41, 5.74) is 3.46. The number of esters is 1. The van der Waals surface area contributed by atoms with E-state index < -0.39 is 0 Å². The highest BCUT2D eigenvalue weighted by Crippen LogP contribution is 2.25. The molecule has 1 aromatic heterocycles. The van der Waals surface area contributed by atoms with Crippen molar-refractivity contribution in [1.82, 2.24) is 10.3 Å². The number of phenols is 1. The quantitative estimate of drug-likeness (QED) is 0.677. The Hall–Kier alpha value is -2.99. The summed E-state index contributed by atoms with van der Waals surface area (Å²) in [4.78, 5) is 15.2. The van der Waals surface area contributed by atoms with Crippen molar-refractivity contribution in [2.24, 2.45) is 0 Å². The van der Waals surface area contributed by atoms with Gasteiger partial charge in [0.05, 0.1) is 14.2 Å². The number of aromatic nitrogens is 1. The molecule has 6 nitrogen and oxygen atoms in total. The van der Waals surface area contributed by atoms with Crippen LogP contribution in [0, 0.1) is 6.92 Å². The van der Waals surface area contributed by atoms with Gasteiger partial charge in [-0.1, -0.05) is 24.3 Å². The third-order valence-corrected chi connectivity index (χ3v) is 5.18. The van der Waals surface area contributed by atoms with Crippen molar-refractivity contribution >= 4 is 18.1 Å². The van der Waals surface area contributed by atoms with Crippen LogP contribution in [0.4, 0.5) is 0 Å². The molecule has 2 aliphatic rings. The van der Waals surface area contributed by atoms with Crippen LogP contribution in [0.3, 0.4) is 0 Å². The van der Waals surface area contributed by atoms with Gasteiger partial charge < -0.3 is 19.6 Å². The van der Waals surface area contributed by atoms with E-state index in [1.54, 1.807) is 12.1 Å². The Morgan fingerprint density at radius 2 is 2.07 bits per heavy atom. The highest BCUT2D eigenvalue weighted by molar-refractivity contribution is 5.76. The zero-order valence-electron chi connectivity index (χ0n) is 17.3. The standard InChI is InChI=1S/C15H18N2O2.C8H10O2/c1-9-14-11(8-13(16-9)15(18)19-2)10-6-4-3-5-7-12(10)17-14;1-6-3-4-8(10-2)7(9)5-6/h3,5-7,9,13,16-17H,4,8H2,1-2H3;3-5,9H,1-2H3. The molecule has 2 heterocycles. The summed E-state index contributed by atoms with van der Waals surface area (Å²) in [7, 11) is 2.97.